The van der Waals surface area contributed by atoms with E-state index >= 15 is 0 Å². The molecule has 1 aromatic heterocycles. The molecule has 0 atom stereocenters. The number of Topliss-reactive ketones (excluding diaryl/α,β-unsaturated/α-hetero) is 1. The van der Waals surface area contributed by atoms with Gasteiger partial charge in [-0.25, -0.2) is 9.78 Å². The van der Waals surface area contributed by atoms with Crippen LogP contribution in [0.3, 0.4) is 0 Å². The topological polar surface area (TPSA) is 84.0 Å². The van der Waals surface area contributed by atoms with Gasteiger partial charge >= 0.3 is 5.97 Å². The minimum Gasteiger partial charge on any atom is -0.490 e. The molecule has 0 amide bonds. The molecule has 0 radical (unpaired) electrons. The molecule has 25 heavy (non-hydrogen) atoms. The van der Waals surface area contributed by atoms with Crippen LogP contribution in [0.5, 0.6) is 11.5 Å². The molecule has 1 aliphatic heterocycles. The largest absolute Gasteiger partial charge is 0.490 e. The van der Waals surface area contributed by atoms with Gasteiger partial charge in [0, 0.05) is 24.5 Å². The minimum absolute atomic E-state index is 0.170. The van der Waals surface area contributed by atoms with E-state index in [1.807, 2.05) is 0 Å². The summed E-state index contributed by atoms with van der Waals surface area (Å²) in [5.74, 6) is 0.176. The fourth-order valence-electron chi connectivity index (χ4n) is 2.22. The van der Waals surface area contributed by atoms with Crippen LogP contribution in [0.25, 0.3) is 0 Å². The smallest absolute Gasteiger partial charge is 0.358 e. The number of carbonyl (C=O) groups is 2. The maximum Gasteiger partial charge on any atom is 0.358 e. The van der Waals surface area contributed by atoms with Crippen molar-refractivity contribution in [2.75, 3.05) is 26.9 Å². The summed E-state index contributed by atoms with van der Waals surface area (Å²) in [6.45, 7) is 1.08. The zero-order valence-corrected chi connectivity index (χ0v) is 14.5. The van der Waals surface area contributed by atoms with Crippen molar-refractivity contribution < 1.29 is 28.5 Å². The van der Waals surface area contributed by atoms with Crippen LogP contribution in [-0.4, -0.2) is 43.7 Å². The van der Waals surface area contributed by atoms with Crippen LogP contribution in [0.1, 0.15) is 32.3 Å². The number of rotatable bonds is 6. The number of ether oxygens (including phenoxy) is 4. The number of benzene rings is 1. The molecule has 7 nitrogen and oxygen atoms in total. The Hall–Kier alpha value is -2.45. The van der Waals surface area contributed by atoms with Crippen molar-refractivity contribution in [2.45, 2.75) is 13.0 Å². The Labute approximate surface area is 148 Å². The molecule has 8 heteroatoms. The fourth-order valence-corrected chi connectivity index (χ4v) is 2.95. The highest BCUT2D eigenvalue weighted by molar-refractivity contribution is 7.09. The summed E-state index contributed by atoms with van der Waals surface area (Å²) < 4.78 is 21.1. The molecule has 0 saturated heterocycles. The number of aromatic nitrogens is 1. The number of thiazole rings is 1. The Morgan fingerprint density at radius 3 is 2.84 bits per heavy atom. The lowest BCUT2D eigenvalue weighted by Gasteiger charge is -2.09. The summed E-state index contributed by atoms with van der Waals surface area (Å²) >= 11 is 1.30. The molecule has 132 valence electrons. The molecule has 0 aliphatic carbocycles. The lowest BCUT2D eigenvalue weighted by atomic mass is 10.1. The SMILES string of the molecule is COCc1nc(C(=O)OCC(=O)c2ccc3c(c2)OCCCO3)cs1. The van der Waals surface area contributed by atoms with Crippen LogP contribution in [0.2, 0.25) is 0 Å². The van der Waals surface area contributed by atoms with Crippen molar-refractivity contribution in [3.8, 4) is 11.5 Å². The summed E-state index contributed by atoms with van der Waals surface area (Å²) in [5.41, 5.74) is 0.568. The Kier molecular flexibility index (Phi) is 5.62. The van der Waals surface area contributed by atoms with Gasteiger partial charge in [-0.3, -0.25) is 4.79 Å². The van der Waals surface area contributed by atoms with Crippen LogP contribution in [0, 0.1) is 0 Å². The van der Waals surface area contributed by atoms with Gasteiger partial charge in [-0.05, 0) is 18.2 Å². The first-order chi connectivity index (χ1) is 12.2. The first-order valence-electron chi connectivity index (χ1n) is 7.70. The van der Waals surface area contributed by atoms with E-state index in [1.54, 1.807) is 30.7 Å². The van der Waals surface area contributed by atoms with Crippen molar-refractivity contribution in [1.82, 2.24) is 4.98 Å². The summed E-state index contributed by atoms with van der Waals surface area (Å²) in [7, 11) is 1.55. The highest BCUT2D eigenvalue weighted by Gasteiger charge is 2.17. The molecule has 1 aliphatic rings. The quantitative estimate of drug-likeness (QED) is 0.576. The van der Waals surface area contributed by atoms with Crippen molar-refractivity contribution in [1.29, 1.82) is 0 Å². The second-order valence-corrected chi connectivity index (χ2v) is 6.21. The van der Waals surface area contributed by atoms with Gasteiger partial charge in [0.05, 0.1) is 19.8 Å². The maximum atomic E-state index is 12.2. The highest BCUT2D eigenvalue weighted by Crippen LogP contribution is 2.30. The van der Waals surface area contributed by atoms with Gasteiger partial charge < -0.3 is 18.9 Å². The molecule has 0 N–H and O–H groups in total. The summed E-state index contributed by atoms with van der Waals surface area (Å²) in [6, 6.07) is 4.92. The third-order valence-corrected chi connectivity index (χ3v) is 4.25. The molecule has 1 aromatic carbocycles. The predicted octanol–water partition coefficient (Wildman–Crippen LogP) is 2.49. The molecule has 0 spiro atoms. The monoisotopic (exact) mass is 363 g/mol. The second-order valence-electron chi connectivity index (χ2n) is 5.27. The number of methoxy groups -OCH3 is 1. The van der Waals surface area contributed by atoms with Gasteiger partial charge in [0.2, 0.25) is 0 Å². The van der Waals surface area contributed by atoms with E-state index in [9.17, 15) is 9.59 Å². The lowest BCUT2D eigenvalue weighted by molar-refractivity contribution is 0.0469. The second kappa shape index (κ2) is 8.09. The number of esters is 1. The van der Waals surface area contributed by atoms with Crippen molar-refractivity contribution in [3.63, 3.8) is 0 Å². The standard InChI is InChI=1S/C17H17NO6S/c1-21-9-16-18-12(10-25-16)17(20)24-8-13(19)11-3-4-14-15(7-11)23-6-2-5-22-14/h3-4,7,10H,2,5-6,8-9H2,1H3. The van der Waals surface area contributed by atoms with E-state index in [2.05, 4.69) is 4.98 Å². The Balaban J connectivity index is 1.60. The number of hydrogen-bond acceptors (Lipinski definition) is 8. The molecular weight excluding hydrogens is 346 g/mol. The number of fused-ring (bicyclic) bond motifs is 1. The molecular formula is C17H17NO6S. The zero-order valence-electron chi connectivity index (χ0n) is 13.6. The van der Waals surface area contributed by atoms with Crippen molar-refractivity contribution >= 4 is 23.1 Å². The average molecular weight is 363 g/mol. The molecule has 0 saturated carbocycles. The first-order valence-corrected chi connectivity index (χ1v) is 8.58. The predicted molar refractivity (Wildman–Crippen MR) is 89.5 cm³/mol. The van der Waals surface area contributed by atoms with Crippen LogP contribution in [-0.2, 0) is 16.1 Å². The summed E-state index contributed by atoms with van der Waals surface area (Å²) in [4.78, 5) is 28.3. The summed E-state index contributed by atoms with van der Waals surface area (Å²) in [6.07, 6.45) is 0.786. The third kappa shape index (κ3) is 4.34. The van der Waals surface area contributed by atoms with Gasteiger partial charge in [0.25, 0.3) is 0 Å². The van der Waals surface area contributed by atoms with Gasteiger partial charge in [-0.2, -0.15) is 0 Å². The zero-order chi connectivity index (χ0) is 17.6. The highest BCUT2D eigenvalue weighted by atomic mass is 32.1. The van der Waals surface area contributed by atoms with Gasteiger partial charge in [0.1, 0.15) is 5.01 Å². The van der Waals surface area contributed by atoms with Crippen LogP contribution < -0.4 is 9.47 Å². The molecule has 2 heterocycles. The van der Waals surface area contributed by atoms with E-state index in [-0.39, 0.29) is 18.1 Å². The Bertz CT molecular complexity index is 772. The van der Waals surface area contributed by atoms with Crippen LogP contribution in [0.4, 0.5) is 0 Å². The molecule has 2 aromatic rings. The van der Waals surface area contributed by atoms with Gasteiger partial charge in [0.15, 0.2) is 29.6 Å². The number of nitrogens with zero attached hydrogens (tertiary/aromatic N) is 1. The fraction of sp³-hybridized carbons (Fsp3) is 0.353. The number of hydrogen-bond donors (Lipinski definition) is 0. The Morgan fingerprint density at radius 2 is 2.04 bits per heavy atom. The van der Waals surface area contributed by atoms with E-state index in [0.717, 1.165) is 6.42 Å². The van der Waals surface area contributed by atoms with E-state index in [0.29, 0.717) is 41.9 Å². The normalized spacial score (nSPS) is 13.2. The van der Waals surface area contributed by atoms with Crippen LogP contribution >= 0.6 is 11.3 Å². The average Bonchev–Trinajstić information content (AvgIpc) is 2.96. The van der Waals surface area contributed by atoms with Gasteiger partial charge in [-0.1, -0.05) is 0 Å². The molecule has 0 bridgehead atoms. The van der Waals surface area contributed by atoms with Crippen molar-refractivity contribution in [2.24, 2.45) is 0 Å². The maximum absolute atomic E-state index is 12.2. The molecule has 0 unspecified atom stereocenters. The number of carbonyl (C=O) groups excluding carboxylic acids is 2. The molecule has 0 fully saturated rings. The van der Waals surface area contributed by atoms with E-state index < -0.39 is 5.97 Å². The van der Waals surface area contributed by atoms with Crippen molar-refractivity contribution in [3.05, 3.63) is 39.8 Å². The van der Waals surface area contributed by atoms with E-state index in [1.165, 1.54) is 11.3 Å². The lowest BCUT2D eigenvalue weighted by Crippen LogP contribution is -2.14. The van der Waals surface area contributed by atoms with Gasteiger partial charge in [-0.15, -0.1) is 11.3 Å². The summed E-state index contributed by atoms with van der Waals surface area (Å²) in [5, 5.41) is 2.25. The molecule has 3 rings (SSSR count). The van der Waals surface area contributed by atoms with E-state index in [4.69, 9.17) is 18.9 Å². The minimum atomic E-state index is -0.638. The third-order valence-electron chi connectivity index (χ3n) is 3.43. The number of ketones is 1. The van der Waals surface area contributed by atoms with Crippen LogP contribution in [0.15, 0.2) is 23.6 Å². The Morgan fingerprint density at radius 1 is 1.24 bits per heavy atom. The first kappa shape index (κ1) is 17.4.